The maximum absolute atomic E-state index is 8.48. The smallest absolute Gasteiger partial charge is 0.598 e. The Labute approximate surface area is 108 Å². The summed E-state index contributed by atoms with van der Waals surface area (Å²) < 4.78 is 8.48. The SMILES string of the molecule is O.O.O.O.O.O=[P+]([O-])[O-].[Na+].[Na+]. The second-order valence-electron chi connectivity index (χ2n) is 0.224. The monoisotopic (exact) mass is 215 g/mol. The van der Waals surface area contributed by atoms with E-state index < -0.39 is 8.25 Å². The molecule has 0 aliphatic heterocycles. The summed E-state index contributed by atoms with van der Waals surface area (Å²) in [4.78, 5) is 17.0. The molecule has 0 saturated heterocycles. The van der Waals surface area contributed by atoms with E-state index >= 15 is 0 Å². The van der Waals surface area contributed by atoms with Crippen molar-refractivity contribution < 1.29 is 101 Å². The third-order valence-corrected chi connectivity index (χ3v) is 0. The summed E-state index contributed by atoms with van der Waals surface area (Å²) in [6.07, 6.45) is 0. The van der Waals surface area contributed by atoms with Crippen LogP contribution in [0.1, 0.15) is 0 Å². The van der Waals surface area contributed by atoms with Crippen LogP contribution in [0, 0.1) is 0 Å². The predicted octanol–water partition coefficient (Wildman–Crippen LogP) is -11.8. The van der Waals surface area contributed by atoms with E-state index in [-0.39, 0.29) is 86.5 Å². The van der Waals surface area contributed by atoms with Crippen molar-refractivity contribution in [3.05, 3.63) is 0 Å². The normalized spacial score (nSPS) is 2.36. The average Bonchev–Trinajstić information content (AvgIpc) is 0.811. The van der Waals surface area contributed by atoms with E-state index in [1.165, 1.54) is 0 Å². The Morgan fingerprint density at radius 2 is 0.727 bits per heavy atom. The van der Waals surface area contributed by atoms with Crippen molar-refractivity contribution in [2.45, 2.75) is 0 Å². The number of rotatable bonds is 0. The molecule has 0 fully saturated rings. The third-order valence-electron chi connectivity index (χ3n) is 0. The topological polar surface area (TPSA) is 221 Å². The Morgan fingerprint density at radius 3 is 0.727 bits per heavy atom. The van der Waals surface area contributed by atoms with Gasteiger partial charge in [-0.25, -0.2) is 0 Å². The molecular weight excluding hydrogens is 205 g/mol. The van der Waals surface area contributed by atoms with Crippen molar-refractivity contribution in [2.75, 3.05) is 0 Å². The molecule has 0 aliphatic rings. The van der Waals surface area contributed by atoms with Crippen LogP contribution in [0.3, 0.4) is 0 Å². The van der Waals surface area contributed by atoms with Crippen molar-refractivity contribution in [2.24, 2.45) is 0 Å². The minimum atomic E-state index is -3.37. The summed E-state index contributed by atoms with van der Waals surface area (Å²) in [5.74, 6) is 0. The van der Waals surface area contributed by atoms with Crippen LogP contribution in [-0.4, -0.2) is 27.4 Å². The van der Waals surface area contributed by atoms with Crippen LogP contribution in [-0.2, 0) is 4.57 Å². The zero-order chi connectivity index (χ0) is 3.58. The van der Waals surface area contributed by atoms with Gasteiger partial charge in [0.1, 0.15) is 0 Å². The summed E-state index contributed by atoms with van der Waals surface area (Å²) >= 11 is 0. The first-order valence-electron chi connectivity index (χ1n) is 0.548. The van der Waals surface area contributed by atoms with E-state index in [9.17, 15) is 0 Å². The van der Waals surface area contributed by atoms with Crippen LogP contribution >= 0.6 is 8.25 Å². The molecule has 0 rings (SSSR count). The molecule has 0 bridgehead atoms. The van der Waals surface area contributed by atoms with Crippen LogP contribution in [0.25, 0.3) is 0 Å². The molecule has 0 aromatic carbocycles. The average molecular weight is 215 g/mol. The molecule has 0 aromatic rings. The van der Waals surface area contributed by atoms with E-state index in [1.807, 2.05) is 0 Å². The van der Waals surface area contributed by atoms with Crippen molar-refractivity contribution in [3.8, 4) is 0 Å². The Morgan fingerprint density at radius 1 is 0.727 bits per heavy atom. The molecule has 10 N–H and O–H groups in total. The van der Waals surface area contributed by atoms with E-state index in [1.54, 1.807) is 0 Å². The Hall–Kier alpha value is 1.82. The molecule has 0 unspecified atom stereocenters. The Bertz CT molecular complexity index is 35.1. The minimum absolute atomic E-state index is 0. The van der Waals surface area contributed by atoms with Crippen molar-refractivity contribution in [3.63, 3.8) is 0 Å². The summed E-state index contributed by atoms with van der Waals surface area (Å²) in [6, 6.07) is 0. The van der Waals surface area contributed by atoms with Gasteiger partial charge in [-0.3, -0.25) is 0 Å². The molecule has 0 saturated carbocycles. The standard InChI is InChI=1S/2Na.HO3P.5H2O/c;;1-4(2)3;;;;;/h;;(H,1,2,3);5*1H2/q2*+1;;;;;;/p-1. The van der Waals surface area contributed by atoms with Gasteiger partial charge in [0.2, 0.25) is 0 Å². The molecule has 0 heterocycles. The summed E-state index contributed by atoms with van der Waals surface area (Å²) in [5, 5.41) is 0. The number of hydrogen-bond acceptors (Lipinski definition) is 3. The van der Waals surface area contributed by atoms with Crippen LogP contribution in [0.15, 0.2) is 0 Å². The molecule has 8 nitrogen and oxygen atoms in total. The van der Waals surface area contributed by atoms with Crippen LogP contribution in [0.2, 0.25) is 0 Å². The second-order valence-corrected chi connectivity index (χ2v) is 0.671. The second kappa shape index (κ2) is 59.6. The predicted molar refractivity (Wildman–Crippen MR) is 25.7 cm³/mol. The molecule has 11 heteroatoms. The zero-order valence-electron chi connectivity index (χ0n) is 6.17. The van der Waals surface area contributed by atoms with Gasteiger partial charge in [-0.15, -0.1) is 0 Å². The molecule has 0 aliphatic carbocycles. The molecule has 0 aromatic heterocycles. The maximum atomic E-state index is 8.48. The van der Waals surface area contributed by atoms with Gasteiger partial charge in [0.15, 0.2) is 0 Å². The third kappa shape index (κ3) is 344. The van der Waals surface area contributed by atoms with E-state index in [0.717, 1.165) is 0 Å². The molecule has 0 atom stereocenters. The van der Waals surface area contributed by atoms with Crippen LogP contribution in [0.5, 0.6) is 0 Å². The molecule has 0 radical (unpaired) electrons. The first-order chi connectivity index (χ1) is 1.73. The van der Waals surface area contributed by atoms with Gasteiger partial charge < -0.3 is 37.2 Å². The summed E-state index contributed by atoms with van der Waals surface area (Å²) in [5.41, 5.74) is 0. The fourth-order valence-electron chi connectivity index (χ4n) is 0. The molecule has 64 valence electrons. The van der Waals surface area contributed by atoms with Gasteiger partial charge in [0, 0.05) is 0 Å². The maximum Gasteiger partial charge on any atom is 1.00 e. The Balaban J connectivity index is -0.00000000214. The van der Waals surface area contributed by atoms with Gasteiger partial charge >= 0.3 is 59.1 Å². The summed E-state index contributed by atoms with van der Waals surface area (Å²) in [6.45, 7) is 0. The molecule has 0 amide bonds. The number of hydrogen-bond donors (Lipinski definition) is 0. The van der Waals surface area contributed by atoms with Gasteiger partial charge in [-0.2, -0.15) is 0 Å². The van der Waals surface area contributed by atoms with Gasteiger partial charge in [-0.1, -0.05) is 4.57 Å². The summed E-state index contributed by atoms with van der Waals surface area (Å²) in [7, 11) is -3.37. The van der Waals surface area contributed by atoms with Gasteiger partial charge in [0.25, 0.3) is 8.25 Å². The quantitative estimate of drug-likeness (QED) is 0.283. The minimum Gasteiger partial charge on any atom is -0.598 e. The van der Waals surface area contributed by atoms with E-state index in [0.29, 0.717) is 0 Å². The molecular formula is H10Na2O8P+. The van der Waals surface area contributed by atoms with Crippen molar-refractivity contribution >= 4 is 8.25 Å². The fraction of sp³-hybridized carbons (Fsp3) is 0. The molecule has 0 spiro atoms. The van der Waals surface area contributed by atoms with E-state index in [4.69, 9.17) is 14.4 Å². The fourth-order valence-corrected chi connectivity index (χ4v) is 0. The van der Waals surface area contributed by atoms with E-state index in [2.05, 4.69) is 0 Å². The Kier molecular flexibility index (Phi) is 417. The van der Waals surface area contributed by atoms with Gasteiger partial charge in [-0.05, 0) is 0 Å². The van der Waals surface area contributed by atoms with Crippen LogP contribution < -0.4 is 68.9 Å². The first-order valence-corrected chi connectivity index (χ1v) is 1.64. The van der Waals surface area contributed by atoms with Crippen LogP contribution in [0.4, 0.5) is 0 Å². The zero-order valence-corrected chi connectivity index (χ0v) is 11.1. The van der Waals surface area contributed by atoms with Gasteiger partial charge in [0.05, 0.1) is 0 Å². The molecule has 11 heavy (non-hydrogen) atoms. The van der Waals surface area contributed by atoms with Crippen molar-refractivity contribution in [1.82, 2.24) is 0 Å². The first kappa shape index (κ1) is 77.1. The van der Waals surface area contributed by atoms with Crippen molar-refractivity contribution in [1.29, 1.82) is 0 Å². The largest absolute Gasteiger partial charge is 1.00 e.